The molecule has 2 bridgehead atoms. The Morgan fingerprint density at radius 3 is 1.83 bits per heavy atom. The van der Waals surface area contributed by atoms with Crippen molar-refractivity contribution in [3.63, 3.8) is 0 Å². The second-order valence-corrected chi connectivity index (χ2v) is 30.6. The zero-order chi connectivity index (χ0) is 22.6. The summed E-state index contributed by atoms with van der Waals surface area (Å²) in [5, 5.41) is 5.38. The van der Waals surface area contributed by atoms with E-state index in [0.29, 0.717) is 31.3 Å². The van der Waals surface area contributed by atoms with E-state index in [1.807, 2.05) is 0 Å². The van der Waals surface area contributed by atoms with Gasteiger partial charge in [0.25, 0.3) is 0 Å². The molecule has 7 rings (SSSR count). The molecule has 0 saturated carbocycles. The summed E-state index contributed by atoms with van der Waals surface area (Å²) in [6.07, 6.45) is 0. The van der Waals surface area contributed by atoms with Gasteiger partial charge in [-0.15, -0.1) is 75.1 Å². The standard InChI is InChI=1S/C16H13.C10H9.C4H8Si2.2ClH.Zr/c1-12-10-14-8-5-9-15(16(14)11-12)13-6-3-2-4-7-13;1-8-6-9-4-2-3-5-10(9)7-8;1-2-6-4-3-5-1;;;/h2-11H,1H3;2-7H,1H3;1-4H2;2*1H;/q2*-1;;;;/p-2. The second kappa shape index (κ2) is 13.4. The maximum absolute atomic E-state index is 2.26. The monoisotopic (exact) mass is 606 g/mol. The van der Waals surface area contributed by atoms with E-state index in [9.17, 15) is 0 Å². The number of hydrogen-bond donors (Lipinski definition) is 0. The molecule has 0 aliphatic carbocycles. The van der Waals surface area contributed by atoms with Gasteiger partial charge in [0.15, 0.2) is 0 Å². The Morgan fingerprint density at radius 1 is 0.629 bits per heavy atom. The van der Waals surface area contributed by atoms with E-state index in [0.717, 1.165) is 0 Å². The number of benzene rings is 3. The van der Waals surface area contributed by atoms with Gasteiger partial charge >= 0.3 is 55.5 Å². The van der Waals surface area contributed by atoms with Gasteiger partial charge in [-0.1, -0.05) is 61.9 Å². The van der Waals surface area contributed by atoms with Crippen molar-refractivity contribution in [3.05, 3.63) is 108 Å². The van der Waals surface area contributed by atoms with Crippen molar-refractivity contribution >= 4 is 32.4 Å². The number of fused-ring (bicyclic) bond motifs is 2. The fraction of sp³-hybridized carbons (Fsp3) is 0.200. The number of rotatable bonds is 1. The Bertz CT molecular complexity index is 1410. The molecule has 0 N–H and O–H groups in total. The molecule has 0 radical (unpaired) electrons. The van der Waals surface area contributed by atoms with Crippen LogP contribution in [0.2, 0.25) is 24.2 Å². The topological polar surface area (TPSA) is 0 Å². The zero-order valence-corrected chi connectivity index (χ0v) is 26.3. The van der Waals surface area contributed by atoms with Crippen LogP contribution in [0.4, 0.5) is 0 Å². The van der Waals surface area contributed by atoms with Crippen LogP contribution in [-0.4, -0.2) is 10.9 Å². The summed E-state index contributed by atoms with van der Waals surface area (Å²) >= 11 is 0.465. The smallest absolute Gasteiger partial charge is 0.0279 e. The molecule has 0 spiro atoms. The fourth-order valence-electron chi connectivity index (χ4n) is 4.91. The van der Waals surface area contributed by atoms with Gasteiger partial charge in [-0.2, -0.15) is 12.1 Å². The molecule has 0 atom stereocenters. The van der Waals surface area contributed by atoms with E-state index < -0.39 is 0 Å². The minimum atomic E-state index is 0. The maximum atomic E-state index is 2.26. The van der Waals surface area contributed by atoms with Crippen LogP contribution in [-0.2, 0) is 20.5 Å². The van der Waals surface area contributed by atoms with Gasteiger partial charge in [-0.05, 0) is 5.56 Å². The van der Waals surface area contributed by atoms with E-state index >= 15 is 0 Å². The molecule has 0 unspecified atom stereocenters. The van der Waals surface area contributed by atoms with Crippen molar-refractivity contribution in [2.24, 2.45) is 0 Å². The Kier molecular flexibility index (Phi) is 10.8. The van der Waals surface area contributed by atoms with Crippen LogP contribution in [0, 0.1) is 13.8 Å². The summed E-state index contributed by atoms with van der Waals surface area (Å²) in [5.41, 5.74) is 6.37. The van der Waals surface area contributed by atoms with Gasteiger partial charge in [-0.25, -0.2) is 0 Å². The molecule has 180 valence electrons. The van der Waals surface area contributed by atoms with E-state index in [2.05, 4.69) is 111 Å². The third-order valence-corrected chi connectivity index (χ3v) is 36.8. The maximum Gasteiger partial charge on any atom is -0.0279 e. The Hall–Kier alpha value is -1.22. The first kappa shape index (κ1) is 28.3. The van der Waals surface area contributed by atoms with Crippen LogP contribution < -0.4 is 24.8 Å². The molecular weight excluding hydrogens is 579 g/mol. The first-order chi connectivity index (χ1) is 16.2. The Balaban J connectivity index is 0.000000155. The minimum absolute atomic E-state index is 0. The molecule has 0 fully saturated rings. The van der Waals surface area contributed by atoms with E-state index in [-0.39, 0.29) is 24.8 Å². The molecule has 2 aliphatic heterocycles. The summed E-state index contributed by atoms with van der Waals surface area (Å²) < 4.78 is 0. The normalized spacial score (nSPS) is 13.0. The molecule has 35 heavy (non-hydrogen) atoms. The van der Waals surface area contributed by atoms with Crippen LogP contribution in [0.3, 0.4) is 0 Å². The summed E-state index contributed by atoms with van der Waals surface area (Å²) in [7, 11) is 0. The van der Waals surface area contributed by atoms with Crippen molar-refractivity contribution in [1.82, 2.24) is 0 Å². The molecule has 0 nitrogen and oxygen atoms in total. The van der Waals surface area contributed by atoms with Gasteiger partial charge in [-0.3, -0.25) is 0 Å². The fourth-order valence-corrected chi connectivity index (χ4v) is 47.4. The SMILES string of the molecule is C1C[Si]2=[Zr]=[Si]1CC2.Cc1cc2c(-c3ccccc3)cccc2[cH-]1.Cc1cc2ccccc2[cH-]1.[Cl-].[Cl-]. The molecule has 5 aromatic carbocycles. The number of halogens is 2. The first-order valence-corrected chi connectivity index (χ1v) is 23.2. The summed E-state index contributed by atoms with van der Waals surface area (Å²) in [6, 6.07) is 41.5. The molecule has 0 amide bonds. The van der Waals surface area contributed by atoms with Crippen LogP contribution in [0.1, 0.15) is 11.1 Å². The van der Waals surface area contributed by atoms with Gasteiger partial charge in [0, 0.05) is 0 Å². The van der Waals surface area contributed by atoms with Crippen LogP contribution in [0.5, 0.6) is 0 Å². The summed E-state index contributed by atoms with van der Waals surface area (Å²) in [6.45, 7) is 4.27. The molecule has 2 heterocycles. The largest absolute Gasteiger partial charge is 1.00 e. The second-order valence-electron chi connectivity index (χ2n) is 9.20. The van der Waals surface area contributed by atoms with Gasteiger partial charge in [0.1, 0.15) is 0 Å². The van der Waals surface area contributed by atoms with E-state index in [4.69, 9.17) is 0 Å². The summed E-state index contributed by atoms with van der Waals surface area (Å²) in [4.78, 5) is 0. The minimum Gasteiger partial charge on any atom is -1.00 e. The molecular formula is C30H30Cl2Si2Zr-4. The van der Waals surface area contributed by atoms with Crippen LogP contribution in [0.25, 0.3) is 32.7 Å². The van der Waals surface area contributed by atoms with E-state index in [1.165, 1.54) is 43.8 Å². The Labute approximate surface area is 233 Å². The van der Waals surface area contributed by atoms with Crippen LogP contribution in [0.15, 0.2) is 97.1 Å². The van der Waals surface area contributed by atoms with Crippen molar-refractivity contribution in [2.75, 3.05) is 0 Å². The molecule has 5 heteroatoms. The average molecular weight is 609 g/mol. The Morgan fingerprint density at radius 2 is 1.20 bits per heavy atom. The van der Waals surface area contributed by atoms with Crippen molar-refractivity contribution in [2.45, 2.75) is 38.0 Å². The average Bonchev–Trinajstić information content (AvgIpc) is 3.63. The van der Waals surface area contributed by atoms with Crippen molar-refractivity contribution in [3.8, 4) is 11.1 Å². The summed E-state index contributed by atoms with van der Waals surface area (Å²) in [5.74, 6) is 0. The van der Waals surface area contributed by atoms with Crippen molar-refractivity contribution < 1.29 is 45.3 Å². The van der Waals surface area contributed by atoms with Gasteiger partial charge in [0.2, 0.25) is 0 Å². The molecule has 2 aliphatic rings. The van der Waals surface area contributed by atoms with E-state index in [1.54, 1.807) is 24.2 Å². The van der Waals surface area contributed by atoms with Crippen molar-refractivity contribution in [1.29, 1.82) is 0 Å². The first-order valence-electron chi connectivity index (χ1n) is 12.0. The zero-order valence-electron chi connectivity index (χ0n) is 20.3. The van der Waals surface area contributed by atoms with Gasteiger partial charge in [0.05, 0.1) is 0 Å². The third kappa shape index (κ3) is 7.18. The predicted molar refractivity (Wildman–Crippen MR) is 145 cm³/mol. The molecule has 0 aromatic heterocycles. The molecule has 5 aromatic rings. The molecule has 0 saturated heterocycles. The third-order valence-electron chi connectivity index (χ3n) is 6.55. The van der Waals surface area contributed by atoms with Gasteiger partial charge < -0.3 is 24.8 Å². The predicted octanol–water partition coefficient (Wildman–Crippen LogP) is 2.49. The number of hydrogen-bond acceptors (Lipinski definition) is 0. The number of aryl methyl sites for hydroxylation is 2. The van der Waals surface area contributed by atoms with Crippen LogP contribution >= 0.6 is 0 Å². The quantitative estimate of drug-likeness (QED) is 0.203.